The Balaban J connectivity index is 4.02. The van der Waals surface area contributed by atoms with Crippen LogP contribution in [0.2, 0.25) is 0 Å². The highest BCUT2D eigenvalue weighted by Gasteiger charge is 2.19. The predicted octanol–water partition coefficient (Wildman–Crippen LogP) is 22.7. The summed E-state index contributed by atoms with van der Waals surface area (Å²) in [5.74, 6) is -0.862. The molecule has 442 valence electrons. The lowest BCUT2D eigenvalue weighted by Crippen LogP contribution is -2.30. The third-order valence-corrected chi connectivity index (χ3v) is 14.8. The van der Waals surface area contributed by atoms with Gasteiger partial charge >= 0.3 is 17.9 Å². The van der Waals surface area contributed by atoms with Crippen molar-refractivity contribution in [1.82, 2.24) is 0 Å². The Morgan fingerprint density at radius 1 is 0.276 bits per heavy atom. The molecule has 6 heteroatoms. The van der Waals surface area contributed by atoms with Crippen LogP contribution < -0.4 is 0 Å². The van der Waals surface area contributed by atoms with E-state index in [9.17, 15) is 14.4 Å². The molecule has 0 aliphatic carbocycles. The monoisotopic (exact) mass is 1060 g/mol. The summed E-state index contributed by atoms with van der Waals surface area (Å²) in [6.07, 6.45) is 82.8. The lowest BCUT2D eigenvalue weighted by Gasteiger charge is -2.18. The molecular weight excluding hydrogens is 937 g/mol. The molecule has 0 saturated heterocycles. The van der Waals surface area contributed by atoms with Crippen molar-refractivity contribution < 1.29 is 28.6 Å². The fraction of sp³-hybridized carbons (Fsp3) is 0.814. The number of carbonyl (C=O) groups is 3. The number of allylic oxidation sites excluding steroid dienone is 10. The van der Waals surface area contributed by atoms with Crippen LogP contribution >= 0.6 is 0 Å². The Labute approximate surface area is 472 Å². The second-order valence-electron chi connectivity index (χ2n) is 22.4. The van der Waals surface area contributed by atoms with Gasteiger partial charge in [-0.1, -0.05) is 306 Å². The third-order valence-electron chi connectivity index (χ3n) is 14.8. The van der Waals surface area contributed by atoms with Gasteiger partial charge in [0.15, 0.2) is 6.10 Å². The molecule has 0 aromatic rings. The van der Waals surface area contributed by atoms with E-state index in [1.165, 1.54) is 225 Å². The van der Waals surface area contributed by atoms with Crippen LogP contribution in [0.3, 0.4) is 0 Å². The minimum absolute atomic E-state index is 0.0704. The van der Waals surface area contributed by atoms with Crippen LogP contribution in [0, 0.1) is 0 Å². The minimum Gasteiger partial charge on any atom is -0.462 e. The molecule has 0 heterocycles. The fourth-order valence-corrected chi connectivity index (χ4v) is 9.79. The standard InChI is InChI=1S/C70H126O6/c1-4-7-10-13-16-18-20-22-24-26-28-30-32-33-34-35-36-37-39-40-42-44-46-48-50-52-54-57-60-63-69(72)75-66-67(65-74-68(71)62-59-56-15-12-9-6-3)76-70(73)64-61-58-55-53-51-49-47-45-43-41-38-31-29-27-25-23-21-19-17-14-11-8-5-2/h7,10,16,18,22,24,27-30,67H,4-6,8-9,11-15,17,19-21,23,25-26,31-66H2,1-3H3/b10-7-,18-16-,24-22-,29-27-,30-28-. The zero-order valence-electron chi connectivity index (χ0n) is 50.8. The number of esters is 3. The molecule has 0 aromatic heterocycles. The van der Waals surface area contributed by atoms with Crippen LogP contribution in [-0.4, -0.2) is 37.2 Å². The Morgan fingerprint density at radius 2 is 0.513 bits per heavy atom. The van der Waals surface area contributed by atoms with E-state index in [-0.39, 0.29) is 31.1 Å². The Bertz CT molecular complexity index is 1360. The molecular formula is C70H126O6. The maximum Gasteiger partial charge on any atom is 0.306 e. The Morgan fingerprint density at radius 3 is 0.816 bits per heavy atom. The molecule has 0 fully saturated rings. The van der Waals surface area contributed by atoms with Crippen molar-refractivity contribution in [3.8, 4) is 0 Å². The molecule has 0 N–H and O–H groups in total. The van der Waals surface area contributed by atoms with Gasteiger partial charge in [-0.25, -0.2) is 0 Å². The first-order valence-electron chi connectivity index (χ1n) is 33.3. The molecule has 0 aliphatic heterocycles. The lowest BCUT2D eigenvalue weighted by atomic mass is 10.0. The normalized spacial score (nSPS) is 12.4. The molecule has 0 radical (unpaired) electrons. The van der Waals surface area contributed by atoms with Crippen molar-refractivity contribution in [2.45, 2.75) is 354 Å². The number of ether oxygens (including phenoxy) is 3. The van der Waals surface area contributed by atoms with E-state index in [0.717, 1.165) is 83.5 Å². The van der Waals surface area contributed by atoms with E-state index in [1.54, 1.807) is 0 Å². The van der Waals surface area contributed by atoms with Gasteiger partial charge in [-0.05, 0) is 83.5 Å². The van der Waals surface area contributed by atoms with Crippen LogP contribution in [0.5, 0.6) is 0 Å². The third kappa shape index (κ3) is 62.0. The molecule has 76 heavy (non-hydrogen) atoms. The van der Waals surface area contributed by atoms with Gasteiger partial charge in [0.05, 0.1) is 0 Å². The maximum atomic E-state index is 12.9. The first kappa shape index (κ1) is 73.1. The van der Waals surface area contributed by atoms with Gasteiger partial charge in [0.25, 0.3) is 0 Å². The van der Waals surface area contributed by atoms with Crippen LogP contribution in [-0.2, 0) is 28.6 Å². The van der Waals surface area contributed by atoms with Gasteiger partial charge in [0, 0.05) is 19.3 Å². The molecule has 1 atom stereocenters. The molecule has 0 saturated carbocycles. The van der Waals surface area contributed by atoms with Gasteiger partial charge in [0.1, 0.15) is 13.2 Å². The Kier molecular flexibility index (Phi) is 62.2. The van der Waals surface area contributed by atoms with E-state index in [2.05, 4.69) is 81.5 Å². The van der Waals surface area contributed by atoms with Crippen LogP contribution in [0.1, 0.15) is 348 Å². The van der Waals surface area contributed by atoms with Gasteiger partial charge in [-0.3, -0.25) is 14.4 Å². The van der Waals surface area contributed by atoms with Gasteiger partial charge in [-0.15, -0.1) is 0 Å². The average molecular weight is 1060 g/mol. The van der Waals surface area contributed by atoms with Crippen molar-refractivity contribution >= 4 is 17.9 Å². The second kappa shape index (κ2) is 64.6. The summed E-state index contributed by atoms with van der Waals surface area (Å²) in [4.78, 5) is 38.0. The summed E-state index contributed by atoms with van der Waals surface area (Å²) in [6, 6.07) is 0. The van der Waals surface area contributed by atoms with Crippen molar-refractivity contribution in [3.05, 3.63) is 60.8 Å². The topological polar surface area (TPSA) is 78.9 Å². The quantitative estimate of drug-likeness (QED) is 0.0261. The van der Waals surface area contributed by atoms with Gasteiger partial charge in [0.2, 0.25) is 0 Å². The molecule has 1 unspecified atom stereocenters. The first-order chi connectivity index (χ1) is 37.5. The summed E-state index contributed by atoms with van der Waals surface area (Å²) in [6.45, 7) is 6.52. The number of hydrogen-bond donors (Lipinski definition) is 0. The summed E-state index contributed by atoms with van der Waals surface area (Å²) in [7, 11) is 0. The van der Waals surface area contributed by atoms with Crippen molar-refractivity contribution in [3.63, 3.8) is 0 Å². The first-order valence-corrected chi connectivity index (χ1v) is 33.3. The zero-order valence-corrected chi connectivity index (χ0v) is 50.8. The summed E-state index contributed by atoms with van der Waals surface area (Å²) >= 11 is 0. The second-order valence-corrected chi connectivity index (χ2v) is 22.4. The fourth-order valence-electron chi connectivity index (χ4n) is 9.79. The SMILES string of the molecule is CC/C=C\C/C=C\C/C=C\C/C=C\CCCCCCCCCCCCCCCCCCC(=O)OCC(COC(=O)CCCCCCCC)OC(=O)CCCCCCCCCCCCC/C=C\CCCCCCCCCC. The predicted molar refractivity (Wildman–Crippen MR) is 330 cm³/mol. The average Bonchev–Trinajstić information content (AvgIpc) is 3.42. The smallest absolute Gasteiger partial charge is 0.306 e. The van der Waals surface area contributed by atoms with E-state index in [1.807, 2.05) is 0 Å². The van der Waals surface area contributed by atoms with E-state index in [0.29, 0.717) is 19.3 Å². The lowest BCUT2D eigenvalue weighted by molar-refractivity contribution is -0.167. The van der Waals surface area contributed by atoms with Gasteiger partial charge < -0.3 is 14.2 Å². The summed E-state index contributed by atoms with van der Waals surface area (Å²) in [5, 5.41) is 0. The molecule has 0 rings (SSSR count). The highest BCUT2D eigenvalue weighted by atomic mass is 16.6. The Hall–Kier alpha value is -2.89. The highest BCUT2D eigenvalue weighted by Crippen LogP contribution is 2.17. The highest BCUT2D eigenvalue weighted by molar-refractivity contribution is 5.71. The zero-order chi connectivity index (χ0) is 55.0. The molecule has 0 amide bonds. The molecule has 0 aromatic carbocycles. The largest absolute Gasteiger partial charge is 0.462 e. The van der Waals surface area contributed by atoms with E-state index in [4.69, 9.17) is 14.2 Å². The molecule has 0 aliphatic rings. The maximum absolute atomic E-state index is 12.9. The molecule has 0 bridgehead atoms. The van der Waals surface area contributed by atoms with Crippen molar-refractivity contribution in [1.29, 1.82) is 0 Å². The van der Waals surface area contributed by atoms with Crippen LogP contribution in [0.4, 0.5) is 0 Å². The van der Waals surface area contributed by atoms with Gasteiger partial charge in [-0.2, -0.15) is 0 Å². The number of hydrogen-bond acceptors (Lipinski definition) is 6. The number of rotatable bonds is 61. The van der Waals surface area contributed by atoms with Crippen LogP contribution in [0.25, 0.3) is 0 Å². The molecule has 6 nitrogen and oxygen atoms in total. The van der Waals surface area contributed by atoms with E-state index < -0.39 is 6.10 Å². The van der Waals surface area contributed by atoms with Crippen molar-refractivity contribution in [2.24, 2.45) is 0 Å². The van der Waals surface area contributed by atoms with Crippen molar-refractivity contribution in [2.75, 3.05) is 13.2 Å². The minimum atomic E-state index is -0.770. The summed E-state index contributed by atoms with van der Waals surface area (Å²) in [5.41, 5.74) is 0. The van der Waals surface area contributed by atoms with Crippen LogP contribution in [0.15, 0.2) is 60.8 Å². The van der Waals surface area contributed by atoms with E-state index >= 15 is 0 Å². The number of carbonyl (C=O) groups excluding carboxylic acids is 3. The number of unbranched alkanes of at least 4 members (excludes halogenated alkanes) is 40. The summed E-state index contributed by atoms with van der Waals surface area (Å²) < 4.78 is 16.8. The molecule has 0 spiro atoms.